The molecule has 0 aromatic heterocycles. The minimum atomic E-state index is 1.04. The van der Waals surface area contributed by atoms with Gasteiger partial charge in [-0.05, 0) is 75.9 Å². The smallest absolute Gasteiger partial charge is 0.0329 e. The lowest BCUT2D eigenvalue weighted by atomic mass is 10.4. The van der Waals surface area contributed by atoms with Crippen molar-refractivity contribution in [3.8, 4) is 0 Å². The Morgan fingerprint density at radius 2 is 0.800 bits per heavy atom. The van der Waals surface area contributed by atoms with E-state index in [1.165, 1.54) is 0 Å². The first kappa shape index (κ1) is 9.23. The van der Waals surface area contributed by atoms with Gasteiger partial charge < -0.3 is 0 Å². The van der Waals surface area contributed by atoms with Gasteiger partial charge >= 0.3 is 0 Å². The minimum Gasteiger partial charge on any atom is -0.0496 e. The molecule has 0 nitrogen and oxygen atoms in total. The van der Waals surface area contributed by atoms with Crippen molar-refractivity contribution >= 4 is 63.7 Å². The highest BCUT2D eigenvalue weighted by molar-refractivity contribution is 9.14. The number of benzene rings is 1. The fourth-order valence-electron chi connectivity index (χ4n) is 0.498. The predicted molar refractivity (Wildman–Crippen MR) is 57.2 cm³/mol. The van der Waals surface area contributed by atoms with Gasteiger partial charge in [-0.15, -0.1) is 0 Å². The number of rotatable bonds is 0. The average Bonchev–Trinajstić information content (AvgIpc) is 1.84. The third-order valence-corrected chi connectivity index (χ3v) is 4.65. The van der Waals surface area contributed by atoms with Crippen LogP contribution in [-0.4, -0.2) is 0 Å². The van der Waals surface area contributed by atoms with E-state index in [-0.39, 0.29) is 0 Å². The van der Waals surface area contributed by atoms with Crippen LogP contribution in [0.2, 0.25) is 0 Å². The molecule has 0 saturated heterocycles. The molecule has 1 rings (SSSR count). The Morgan fingerprint density at radius 3 is 1.00 bits per heavy atom. The Hall–Kier alpha value is 1.14. The summed E-state index contributed by atoms with van der Waals surface area (Å²) < 4.78 is 4.18. The van der Waals surface area contributed by atoms with Crippen molar-refractivity contribution in [1.82, 2.24) is 0 Å². The van der Waals surface area contributed by atoms with Gasteiger partial charge in [-0.1, -0.05) is 0 Å². The summed E-state index contributed by atoms with van der Waals surface area (Å²) in [5, 5.41) is 0. The first-order valence-electron chi connectivity index (χ1n) is 2.41. The Morgan fingerprint density at radius 1 is 0.600 bits per heavy atom. The lowest BCUT2D eigenvalue weighted by Gasteiger charge is -1.98. The molecule has 0 fully saturated rings. The van der Waals surface area contributed by atoms with Crippen LogP contribution in [0.25, 0.3) is 0 Å². The van der Waals surface area contributed by atoms with Gasteiger partial charge in [0, 0.05) is 17.9 Å². The zero-order chi connectivity index (χ0) is 7.72. The second-order valence-electron chi connectivity index (χ2n) is 1.68. The molecule has 0 amide bonds. The molecule has 0 bridgehead atoms. The van der Waals surface area contributed by atoms with Crippen molar-refractivity contribution in [3.63, 3.8) is 0 Å². The molecule has 0 radical (unpaired) electrons. The van der Waals surface area contributed by atoms with Crippen LogP contribution in [0.3, 0.4) is 0 Å². The molecule has 4 heteroatoms. The van der Waals surface area contributed by atoms with Gasteiger partial charge in [-0.3, -0.25) is 0 Å². The van der Waals surface area contributed by atoms with Crippen LogP contribution >= 0.6 is 63.7 Å². The fourth-order valence-corrected chi connectivity index (χ4v) is 2.49. The standard InChI is InChI=1S/C6H2Br4/c7-3-1-4(8)6(10)2-5(3)9/h1-2H. The van der Waals surface area contributed by atoms with Crippen LogP contribution in [0.15, 0.2) is 30.0 Å². The van der Waals surface area contributed by atoms with Crippen LogP contribution < -0.4 is 0 Å². The summed E-state index contributed by atoms with van der Waals surface area (Å²) in [5.74, 6) is 0. The second kappa shape index (κ2) is 3.70. The molecule has 0 aliphatic heterocycles. The molecule has 0 N–H and O–H groups in total. The number of hydrogen-bond donors (Lipinski definition) is 0. The summed E-state index contributed by atoms with van der Waals surface area (Å²) in [4.78, 5) is 0. The minimum absolute atomic E-state index is 1.04. The maximum Gasteiger partial charge on any atom is 0.0329 e. The first-order chi connectivity index (χ1) is 4.61. The molecule has 10 heavy (non-hydrogen) atoms. The van der Waals surface area contributed by atoms with Gasteiger partial charge in [0.1, 0.15) is 0 Å². The van der Waals surface area contributed by atoms with E-state index in [4.69, 9.17) is 0 Å². The summed E-state index contributed by atoms with van der Waals surface area (Å²) in [5.41, 5.74) is 0. The first-order valence-corrected chi connectivity index (χ1v) is 5.58. The third kappa shape index (κ3) is 2.06. The van der Waals surface area contributed by atoms with Crippen molar-refractivity contribution in [1.29, 1.82) is 0 Å². The summed E-state index contributed by atoms with van der Waals surface area (Å²) in [6.07, 6.45) is 0. The van der Waals surface area contributed by atoms with Crippen LogP contribution in [0.5, 0.6) is 0 Å². The molecule has 0 heterocycles. The summed E-state index contributed by atoms with van der Waals surface area (Å²) in [6.45, 7) is 0. The molecule has 0 atom stereocenters. The zero-order valence-corrected chi connectivity index (χ0v) is 11.0. The van der Waals surface area contributed by atoms with E-state index in [1.54, 1.807) is 0 Å². The van der Waals surface area contributed by atoms with Gasteiger partial charge in [-0.25, -0.2) is 0 Å². The molecule has 0 aliphatic rings. The zero-order valence-electron chi connectivity index (χ0n) is 4.67. The lowest BCUT2D eigenvalue weighted by Crippen LogP contribution is -1.72. The quantitative estimate of drug-likeness (QED) is 0.559. The van der Waals surface area contributed by atoms with Crippen molar-refractivity contribution < 1.29 is 0 Å². The van der Waals surface area contributed by atoms with Crippen molar-refractivity contribution in [2.24, 2.45) is 0 Å². The van der Waals surface area contributed by atoms with Crippen molar-refractivity contribution in [3.05, 3.63) is 30.0 Å². The van der Waals surface area contributed by atoms with Crippen LogP contribution in [0.4, 0.5) is 0 Å². The Kier molecular flexibility index (Phi) is 3.41. The molecule has 1 aromatic rings. The molecular weight excluding hydrogens is 392 g/mol. The molecule has 0 unspecified atom stereocenters. The van der Waals surface area contributed by atoms with E-state index in [9.17, 15) is 0 Å². The molecule has 0 aliphatic carbocycles. The molecule has 54 valence electrons. The Bertz CT molecular complexity index is 206. The van der Waals surface area contributed by atoms with Gasteiger partial charge in [0.05, 0.1) is 0 Å². The van der Waals surface area contributed by atoms with E-state index < -0.39 is 0 Å². The van der Waals surface area contributed by atoms with Crippen LogP contribution in [0.1, 0.15) is 0 Å². The normalized spacial score (nSPS) is 10.0. The van der Waals surface area contributed by atoms with E-state index in [0.717, 1.165) is 17.9 Å². The molecule has 0 spiro atoms. The molecular formula is C6H2Br4. The van der Waals surface area contributed by atoms with Crippen LogP contribution in [-0.2, 0) is 0 Å². The van der Waals surface area contributed by atoms with Gasteiger partial charge in [0.25, 0.3) is 0 Å². The van der Waals surface area contributed by atoms with Gasteiger partial charge in [-0.2, -0.15) is 0 Å². The third-order valence-electron chi connectivity index (χ3n) is 0.963. The fraction of sp³-hybridized carbons (Fsp3) is 0. The number of hydrogen-bond acceptors (Lipinski definition) is 0. The highest BCUT2D eigenvalue weighted by Gasteiger charge is 2.00. The molecule has 1 aromatic carbocycles. The van der Waals surface area contributed by atoms with Gasteiger partial charge in [0.15, 0.2) is 0 Å². The topological polar surface area (TPSA) is 0 Å². The Balaban J connectivity index is 3.28. The highest BCUT2D eigenvalue weighted by atomic mass is 79.9. The summed E-state index contributed by atoms with van der Waals surface area (Å²) >= 11 is 13.5. The lowest BCUT2D eigenvalue weighted by molar-refractivity contribution is 1.51. The van der Waals surface area contributed by atoms with E-state index in [1.807, 2.05) is 12.1 Å². The summed E-state index contributed by atoms with van der Waals surface area (Å²) in [7, 11) is 0. The van der Waals surface area contributed by atoms with Gasteiger partial charge in [0.2, 0.25) is 0 Å². The second-order valence-corrected chi connectivity index (χ2v) is 5.10. The maximum absolute atomic E-state index is 3.38. The number of halogens is 4. The predicted octanol–water partition coefficient (Wildman–Crippen LogP) is 4.74. The van der Waals surface area contributed by atoms with Crippen molar-refractivity contribution in [2.45, 2.75) is 0 Å². The SMILES string of the molecule is Brc1cc(Br)c(Br)cc1Br. The Labute approximate surface area is 92.9 Å². The average molecular weight is 394 g/mol. The highest BCUT2D eigenvalue weighted by Crippen LogP contribution is 2.32. The van der Waals surface area contributed by atoms with E-state index in [2.05, 4.69) is 63.7 Å². The summed E-state index contributed by atoms with van der Waals surface area (Å²) in [6, 6.07) is 3.96. The maximum atomic E-state index is 3.38. The monoisotopic (exact) mass is 390 g/mol. The van der Waals surface area contributed by atoms with Crippen molar-refractivity contribution in [2.75, 3.05) is 0 Å². The van der Waals surface area contributed by atoms with Crippen LogP contribution in [0, 0.1) is 0 Å². The molecule has 0 saturated carbocycles. The van der Waals surface area contributed by atoms with E-state index >= 15 is 0 Å². The van der Waals surface area contributed by atoms with E-state index in [0.29, 0.717) is 0 Å². The largest absolute Gasteiger partial charge is 0.0496 e.